The molecule has 0 radical (unpaired) electrons. The predicted molar refractivity (Wildman–Crippen MR) is 128 cm³/mol. The molecule has 3 aliphatic rings. The van der Waals surface area contributed by atoms with Crippen LogP contribution in [0.3, 0.4) is 0 Å². The molecule has 2 aromatic heterocycles. The van der Waals surface area contributed by atoms with Gasteiger partial charge in [-0.05, 0) is 50.6 Å². The number of nitrogens with zero attached hydrogens (tertiary/aromatic N) is 6. The Morgan fingerprint density at radius 3 is 2.48 bits per heavy atom. The number of hydrogen-bond acceptors (Lipinski definition) is 9. The zero-order valence-electron chi connectivity index (χ0n) is 19.5. The third-order valence-electron chi connectivity index (χ3n) is 6.52. The lowest BCUT2D eigenvalue weighted by Gasteiger charge is -2.53. The van der Waals surface area contributed by atoms with E-state index in [2.05, 4.69) is 19.8 Å². The van der Waals surface area contributed by atoms with Crippen molar-refractivity contribution < 1.29 is 14.3 Å². The summed E-state index contributed by atoms with van der Waals surface area (Å²) in [5.41, 5.74) is 0.530. The molecular formula is C22H31ClN6O3S. The van der Waals surface area contributed by atoms with E-state index in [1.54, 1.807) is 11.3 Å². The van der Waals surface area contributed by atoms with Crippen LogP contribution in [0.15, 0.2) is 0 Å². The highest BCUT2D eigenvalue weighted by Gasteiger charge is 2.46. The van der Waals surface area contributed by atoms with Gasteiger partial charge >= 0.3 is 6.09 Å². The van der Waals surface area contributed by atoms with Crippen LogP contribution in [0, 0.1) is 5.41 Å². The second-order valence-corrected chi connectivity index (χ2v) is 11.7. The number of carbonyl (C=O) groups excluding carboxylic acids is 1. The van der Waals surface area contributed by atoms with Crippen molar-refractivity contribution in [2.24, 2.45) is 5.41 Å². The lowest BCUT2D eigenvalue weighted by molar-refractivity contribution is -0.0550. The standard InChI is InChI=1S/C22H31ClN6O3S/c1-21(2,3)32-20(30)29-6-4-22(5-7-29)13-27(14-22)12-15-24-17-16(33-15)18(26-19(23)25-17)28-8-10-31-11-9-28/h4-14H2,1-3H3. The van der Waals surface area contributed by atoms with E-state index >= 15 is 0 Å². The summed E-state index contributed by atoms with van der Waals surface area (Å²) in [7, 11) is 0. The first kappa shape index (κ1) is 23.0. The number of halogens is 1. The van der Waals surface area contributed by atoms with Gasteiger partial charge in [-0.3, -0.25) is 4.90 Å². The Bertz CT molecular complexity index is 1020. The zero-order valence-corrected chi connectivity index (χ0v) is 21.0. The lowest BCUT2D eigenvalue weighted by Crippen LogP contribution is -2.60. The molecule has 3 saturated heterocycles. The molecule has 33 heavy (non-hydrogen) atoms. The minimum atomic E-state index is -0.451. The van der Waals surface area contributed by atoms with Crippen LogP contribution < -0.4 is 4.90 Å². The Hall–Kier alpha value is -1.75. The van der Waals surface area contributed by atoms with Gasteiger partial charge in [-0.15, -0.1) is 11.3 Å². The van der Waals surface area contributed by atoms with Crippen LogP contribution in [-0.2, 0) is 16.0 Å². The lowest BCUT2D eigenvalue weighted by atomic mass is 9.72. The van der Waals surface area contributed by atoms with E-state index in [1.807, 2.05) is 25.7 Å². The van der Waals surface area contributed by atoms with Gasteiger partial charge in [0.15, 0.2) is 11.5 Å². The number of thiazole rings is 1. The Labute approximate surface area is 203 Å². The van der Waals surface area contributed by atoms with Crippen molar-refractivity contribution in [2.45, 2.75) is 45.8 Å². The molecule has 3 aliphatic heterocycles. The number of fused-ring (bicyclic) bond motifs is 1. The molecule has 0 atom stereocenters. The number of hydrogen-bond donors (Lipinski definition) is 0. The summed E-state index contributed by atoms with van der Waals surface area (Å²) in [6, 6.07) is 0. The summed E-state index contributed by atoms with van der Waals surface area (Å²) in [4.78, 5) is 32.5. The van der Waals surface area contributed by atoms with Crippen molar-refractivity contribution in [3.63, 3.8) is 0 Å². The van der Waals surface area contributed by atoms with Gasteiger partial charge in [0.2, 0.25) is 5.28 Å². The molecule has 2 aromatic rings. The van der Waals surface area contributed by atoms with Crippen LogP contribution in [0.1, 0.15) is 38.6 Å². The first-order valence-corrected chi connectivity index (χ1v) is 12.8. The van der Waals surface area contributed by atoms with Crippen LogP contribution in [-0.4, -0.2) is 88.9 Å². The normalized spacial score (nSPS) is 21.5. The van der Waals surface area contributed by atoms with E-state index in [1.165, 1.54) is 0 Å². The van der Waals surface area contributed by atoms with Gasteiger partial charge in [-0.2, -0.15) is 9.97 Å². The van der Waals surface area contributed by atoms with Crippen molar-refractivity contribution in [2.75, 3.05) is 57.4 Å². The quantitative estimate of drug-likeness (QED) is 0.600. The molecule has 1 amide bonds. The second kappa shape index (κ2) is 8.79. The molecule has 3 fully saturated rings. The van der Waals surface area contributed by atoms with Gasteiger partial charge < -0.3 is 19.3 Å². The molecule has 5 rings (SSSR count). The molecule has 0 unspecified atom stereocenters. The third-order valence-corrected chi connectivity index (χ3v) is 7.71. The molecule has 1 spiro atoms. The average Bonchev–Trinajstić information content (AvgIpc) is 3.14. The Balaban J connectivity index is 1.19. The van der Waals surface area contributed by atoms with E-state index in [0.29, 0.717) is 24.3 Å². The van der Waals surface area contributed by atoms with Crippen molar-refractivity contribution in [3.8, 4) is 0 Å². The number of aromatic nitrogens is 3. The van der Waals surface area contributed by atoms with E-state index < -0.39 is 5.60 Å². The topological polar surface area (TPSA) is 83.9 Å². The summed E-state index contributed by atoms with van der Waals surface area (Å²) in [6.45, 7) is 13.1. The van der Waals surface area contributed by atoms with Crippen LogP contribution in [0.4, 0.5) is 10.6 Å². The molecule has 180 valence electrons. The van der Waals surface area contributed by atoms with Crippen molar-refractivity contribution in [3.05, 3.63) is 10.3 Å². The summed E-state index contributed by atoms with van der Waals surface area (Å²) < 4.78 is 12.0. The molecule has 11 heteroatoms. The number of morpholine rings is 1. The van der Waals surface area contributed by atoms with E-state index in [-0.39, 0.29) is 11.4 Å². The minimum absolute atomic E-state index is 0.196. The fourth-order valence-electron chi connectivity index (χ4n) is 4.90. The van der Waals surface area contributed by atoms with Gasteiger partial charge in [-0.1, -0.05) is 0 Å². The number of piperidine rings is 1. The first-order chi connectivity index (χ1) is 15.7. The summed E-state index contributed by atoms with van der Waals surface area (Å²) in [5, 5.41) is 1.28. The molecule has 0 aliphatic carbocycles. The summed E-state index contributed by atoms with van der Waals surface area (Å²) in [5.74, 6) is 0.867. The van der Waals surface area contributed by atoms with E-state index in [9.17, 15) is 4.79 Å². The number of amides is 1. The van der Waals surface area contributed by atoms with Crippen LogP contribution in [0.2, 0.25) is 5.28 Å². The largest absolute Gasteiger partial charge is 0.444 e. The van der Waals surface area contributed by atoms with Gasteiger partial charge in [0.1, 0.15) is 15.3 Å². The molecule has 5 heterocycles. The molecule has 0 aromatic carbocycles. The maximum absolute atomic E-state index is 12.3. The van der Waals surface area contributed by atoms with Crippen molar-refractivity contribution in [1.82, 2.24) is 24.8 Å². The van der Waals surface area contributed by atoms with Gasteiger partial charge in [0.25, 0.3) is 0 Å². The highest BCUT2D eigenvalue weighted by molar-refractivity contribution is 7.19. The zero-order chi connectivity index (χ0) is 23.2. The van der Waals surface area contributed by atoms with Gasteiger partial charge in [0.05, 0.1) is 19.8 Å². The Morgan fingerprint density at radius 2 is 1.82 bits per heavy atom. The number of ether oxygens (including phenoxy) is 2. The fraction of sp³-hybridized carbons (Fsp3) is 0.727. The van der Waals surface area contributed by atoms with E-state index in [0.717, 1.165) is 74.2 Å². The molecule has 9 nitrogen and oxygen atoms in total. The van der Waals surface area contributed by atoms with Gasteiger partial charge in [0, 0.05) is 39.3 Å². The maximum Gasteiger partial charge on any atom is 0.410 e. The monoisotopic (exact) mass is 494 g/mol. The number of anilines is 1. The second-order valence-electron chi connectivity index (χ2n) is 10.3. The van der Waals surface area contributed by atoms with Crippen LogP contribution in [0.5, 0.6) is 0 Å². The number of carbonyl (C=O) groups is 1. The first-order valence-electron chi connectivity index (χ1n) is 11.6. The number of rotatable bonds is 3. The van der Waals surface area contributed by atoms with E-state index in [4.69, 9.17) is 26.1 Å². The van der Waals surface area contributed by atoms with Crippen molar-refractivity contribution >= 4 is 45.2 Å². The van der Waals surface area contributed by atoms with Crippen molar-refractivity contribution in [1.29, 1.82) is 0 Å². The maximum atomic E-state index is 12.3. The molecular weight excluding hydrogens is 464 g/mol. The Kier molecular flexibility index (Phi) is 6.13. The predicted octanol–water partition coefficient (Wildman–Crippen LogP) is 3.41. The summed E-state index contributed by atoms with van der Waals surface area (Å²) in [6.07, 6.45) is 1.84. The minimum Gasteiger partial charge on any atom is -0.444 e. The molecule has 0 saturated carbocycles. The Morgan fingerprint density at radius 1 is 1.12 bits per heavy atom. The highest BCUT2D eigenvalue weighted by Crippen LogP contribution is 2.42. The average molecular weight is 495 g/mol. The SMILES string of the molecule is CC(C)(C)OC(=O)N1CCC2(CC1)CN(Cc1nc3nc(Cl)nc(N4CCOCC4)c3s1)C2. The van der Waals surface area contributed by atoms with Crippen LogP contribution in [0.25, 0.3) is 10.3 Å². The molecule has 0 bridgehead atoms. The van der Waals surface area contributed by atoms with Crippen LogP contribution >= 0.6 is 22.9 Å². The third kappa shape index (κ3) is 5.03. The van der Waals surface area contributed by atoms with Gasteiger partial charge in [-0.25, -0.2) is 9.78 Å². The number of likely N-dealkylation sites (tertiary alicyclic amines) is 2. The molecule has 0 N–H and O–H groups in total. The smallest absolute Gasteiger partial charge is 0.410 e. The summed E-state index contributed by atoms with van der Waals surface area (Å²) >= 11 is 7.86. The fourth-order valence-corrected chi connectivity index (χ4v) is 6.12. The highest BCUT2D eigenvalue weighted by atomic mass is 35.5.